The van der Waals surface area contributed by atoms with Gasteiger partial charge in [0.2, 0.25) is 0 Å². The first kappa shape index (κ1) is 11.2. The number of carbonyl (C=O) groups is 1. The Balaban J connectivity index is 2.24. The SMILES string of the molecule is N#CC1C[C@H]2CCC[C@H]2N1C(=O)C(F)(F)F. The molecule has 3 nitrogen and oxygen atoms in total. The van der Waals surface area contributed by atoms with E-state index in [1.54, 1.807) is 6.07 Å². The lowest BCUT2D eigenvalue weighted by molar-refractivity contribution is -0.187. The molecule has 0 aromatic carbocycles. The largest absolute Gasteiger partial charge is 0.471 e. The summed E-state index contributed by atoms with van der Waals surface area (Å²) in [6.07, 6.45) is -2.22. The lowest BCUT2D eigenvalue weighted by Gasteiger charge is -2.27. The first-order valence-corrected chi connectivity index (χ1v) is 5.24. The minimum Gasteiger partial charge on any atom is -0.316 e. The predicted octanol–water partition coefficient (Wildman–Crippen LogP) is 1.84. The lowest BCUT2D eigenvalue weighted by Crippen LogP contribution is -2.47. The zero-order valence-electron chi connectivity index (χ0n) is 8.50. The number of hydrogen-bond donors (Lipinski definition) is 0. The third-order valence-electron chi connectivity index (χ3n) is 3.46. The van der Waals surface area contributed by atoms with E-state index in [1.165, 1.54) is 0 Å². The average Bonchev–Trinajstić information content (AvgIpc) is 2.73. The van der Waals surface area contributed by atoms with Crippen molar-refractivity contribution in [1.82, 2.24) is 4.90 Å². The summed E-state index contributed by atoms with van der Waals surface area (Å²) in [7, 11) is 0. The highest BCUT2D eigenvalue weighted by Crippen LogP contribution is 2.42. The Hall–Kier alpha value is -1.25. The monoisotopic (exact) mass is 232 g/mol. The fraction of sp³-hybridized carbons (Fsp3) is 0.800. The highest BCUT2D eigenvalue weighted by Gasteiger charge is 2.53. The first-order valence-electron chi connectivity index (χ1n) is 5.24. The molecule has 0 spiro atoms. The lowest BCUT2D eigenvalue weighted by atomic mass is 10.0. The summed E-state index contributed by atoms with van der Waals surface area (Å²) in [6, 6.07) is 0.526. The second-order valence-electron chi connectivity index (χ2n) is 4.35. The van der Waals surface area contributed by atoms with E-state index in [4.69, 9.17) is 5.26 Å². The zero-order chi connectivity index (χ0) is 11.9. The summed E-state index contributed by atoms with van der Waals surface area (Å²) in [5.41, 5.74) is 0. The molecule has 2 fully saturated rings. The van der Waals surface area contributed by atoms with Crippen LogP contribution in [0.5, 0.6) is 0 Å². The molecule has 16 heavy (non-hydrogen) atoms. The molecule has 88 valence electrons. The van der Waals surface area contributed by atoms with E-state index < -0.39 is 18.1 Å². The van der Waals surface area contributed by atoms with Crippen molar-refractivity contribution in [2.24, 2.45) is 5.92 Å². The highest BCUT2D eigenvalue weighted by molar-refractivity contribution is 5.83. The Morgan fingerprint density at radius 3 is 2.62 bits per heavy atom. The van der Waals surface area contributed by atoms with Crippen molar-refractivity contribution in [3.05, 3.63) is 0 Å². The van der Waals surface area contributed by atoms with Gasteiger partial charge in [-0.2, -0.15) is 18.4 Å². The molecule has 3 atom stereocenters. The van der Waals surface area contributed by atoms with E-state index in [9.17, 15) is 18.0 Å². The Kier molecular flexibility index (Phi) is 2.56. The number of carbonyl (C=O) groups excluding carboxylic acids is 1. The van der Waals surface area contributed by atoms with Crippen LogP contribution in [0.15, 0.2) is 0 Å². The van der Waals surface area contributed by atoms with Gasteiger partial charge >= 0.3 is 12.1 Å². The molecule has 0 bridgehead atoms. The van der Waals surface area contributed by atoms with E-state index in [-0.39, 0.29) is 12.0 Å². The third-order valence-corrected chi connectivity index (χ3v) is 3.46. The number of amides is 1. The van der Waals surface area contributed by atoms with Gasteiger partial charge < -0.3 is 4.90 Å². The summed E-state index contributed by atoms with van der Waals surface area (Å²) in [5, 5.41) is 8.79. The molecule has 1 amide bonds. The average molecular weight is 232 g/mol. The fourth-order valence-corrected chi connectivity index (χ4v) is 2.84. The van der Waals surface area contributed by atoms with Gasteiger partial charge in [-0.05, 0) is 25.2 Å². The Labute approximate surface area is 90.8 Å². The van der Waals surface area contributed by atoms with Gasteiger partial charge in [0.1, 0.15) is 6.04 Å². The van der Waals surface area contributed by atoms with Crippen LogP contribution >= 0.6 is 0 Å². The highest BCUT2D eigenvalue weighted by atomic mass is 19.4. The number of halogens is 3. The summed E-state index contributed by atoms with van der Waals surface area (Å²) < 4.78 is 37.1. The van der Waals surface area contributed by atoms with Crippen LogP contribution in [-0.4, -0.2) is 29.1 Å². The standard InChI is InChI=1S/C10H11F3N2O/c11-10(12,13)9(16)15-7(5-14)4-6-2-1-3-8(6)15/h6-8H,1-4H2/t6-,7?,8-/m1/s1. The summed E-state index contributed by atoms with van der Waals surface area (Å²) in [6.45, 7) is 0. The van der Waals surface area contributed by atoms with Gasteiger partial charge in [0.05, 0.1) is 6.07 Å². The van der Waals surface area contributed by atoms with Gasteiger partial charge in [0.15, 0.2) is 0 Å². The van der Waals surface area contributed by atoms with Gasteiger partial charge in [0, 0.05) is 6.04 Å². The van der Waals surface area contributed by atoms with Crippen LogP contribution in [0.2, 0.25) is 0 Å². The summed E-state index contributed by atoms with van der Waals surface area (Å²) >= 11 is 0. The van der Waals surface area contributed by atoms with E-state index in [0.29, 0.717) is 12.8 Å². The molecule has 1 heterocycles. The molecule has 1 aliphatic carbocycles. The van der Waals surface area contributed by atoms with Crippen LogP contribution in [0.1, 0.15) is 25.7 Å². The molecule has 1 aliphatic heterocycles. The van der Waals surface area contributed by atoms with Crippen LogP contribution in [0.4, 0.5) is 13.2 Å². The number of alkyl halides is 3. The van der Waals surface area contributed by atoms with Gasteiger partial charge in [0.25, 0.3) is 0 Å². The molecule has 0 aromatic rings. The van der Waals surface area contributed by atoms with Crippen molar-refractivity contribution >= 4 is 5.91 Å². The number of hydrogen-bond acceptors (Lipinski definition) is 2. The molecule has 2 aliphatic rings. The number of nitrogens with zero attached hydrogens (tertiary/aromatic N) is 2. The quantitative estimate of drug-likeness (QED) is 0.639. The molecule has 1 saturated carbocycles. The molecule has 0 N–H and O–H groups in total. The second kappa shape index (κ2) is 3.65. The van der Waals surface area contributed by atoms with E-state index in [1.807, 2.05) is 0 Å². The Morgan fingerprint density at radius 2 is 2.06 bits per heavy atom. The minimum absolute atomic E-state index is 0.0796. The first-order chi connectivity index (χ1) is 7.45. The van der Waals surface area contributed by atoms with Crippen LogP contribution < -0.4 is 0 Å². The normalized spacial score (nSPS) is 33.6. The van der Waals surface area contributed by atoms with Crippen LogP contribution in [0.3, 0.4) is 0 Å². The molecule has 2 rings (SSSR count). The van der Waals surface area contributed by atoms with Gasteiger partial charge in [-0.25, -0.2) is 0 Å². The van der Waals surface area contributed by atoms with Crippen LogP contribution in [0.25, 0.3) is 0 Å². The van der Waals surface area contributed by atoms with Crippen molar-refractivity contribution < 1.29 is 18.0 Å². The Bertz CT molecular complexity index is 347. The molecule has 1 saturated heterocycles. The molecule has 6 heteroatoms. The van der Waals surface area contributed by atoms with Crippen molar-refractivity contribution in [2.45, 2.75) is 43.9 Å². The predicted molar refractivity (Wildman–Crippen MR) is 48.0 cm³/mol. The summed E-state index contributed by atoms with van der Waals surface area (Å²) in [4.78, 5) is 12.0. The van der Waals surface area contributed by atoms with Crippen LogP contribution in [-0.2, 0) is 4.79 Å². The Morgan fingerprint density at radius 1 is 1.38 bits per heavy atom. The van der Waals surface area contributed by atoms with Crippen molar-refractivity contribution in [3.63, 3.8) is 0 Å². The zero-order valence-corrected chi connectivity index (χ0v) is 8.50. The van der Waals surface area contributed by atoms with Crippen LogP contribution in [0, 0.1) is 17.2 Å². The topological polar surface area (TPSA) is 44.1 Å². The number of nitriles is 1. The number of rotatable bonds is 0. The van der Waals surface area contributed by atoms with Gasteiger partial charge in [-0.3, -0.25) is 4.79 Å². The molecule has 0 aromatic heterocycles. The van der Waals surface area contributed by atoms with Crippen molar-refractivity contribution in [2.75, 3.05) is 0 Å². The number of fused-ring (bicyclic) bond motifs is 1. The summed E-state index contributed by atoms with van der Waals surface area (Å²) in [5.74, 6) is -1.77. The number of likely N-dealkylation sites (tertiary alicyclic amines) is 1. The van der Waals surface area contributed by atoms with Gasteiger partial charge in [-0.1, -0.05) is 6.42 Å². The molecular formula is C10H11F3N2O. The maximum absolute atomic E-state index is 12.4. The van der Waals surface area contributed by atoms with Crippen molar-refractivity contribution in [3.8, 4) is 6.07 Å². The fourth-order valence-electron chi connectivity index (χ4n) is 2.84. The van der Waals surface area contributed by atoms with E-state index in [0.717, 1.165) is 17.7 Å². The minimum atomic E-state index is -4.87. The second-order valence-corrected chi connectivity index (χ2v) is 4.35. The smallest absolute Gasteiger partial charge is 0.316 e. The third kappa shape index (κ3) is 1.64. The maximum atomic E-state index is 12.4. The van der Waals surface area contributed by atoms with E-state index >= 15 is 0 Å². The van der Waals surface area contributed by atoms with E-state index in [2.05, 4.69) is 0 Å². The maximum Gasteiger partial charge on any atom is 0.471 e. The van der Waals surface area contributed by atoms with Gasteiger partial charge in [-0.15, -0.1) is 0 Å². The van der Waals surface area contributed by atoms with Crippen molar-refractivity contribution in [1.29, 1.82) is 5.26 Å². The molecule has 0 radical (unpaired) electrons. The molecular weight excluding hydrogens is 221 g/mol. The molecule has 1 unspecified atom stereocenters.